The van der Waals surface area contributed by atoms with Gasteiger partial charge in [0.25, 0.3) is 0 Å². The molecule has 0 aromatic rings. The van der Waals surface area contributed by atoms with Crippen LogP contribution in [-0.4, -0.2) is 32.1 Å². The topological polar surface area (TPSA) is 15.3 Å². The second-order valence-electron chi connectivity index (χ2n) is 2.32. The van der Waals surface area contributed by atoms with Crippen molar-refractivity contribution in [1.29, 1.82) is 0 Å². The van der Waals surface area contributed by atoms with Gasteiger partial charge in [0, 0.05) is 6.54 Å². The summed E-state index contributed by atoms with van der Waals surface area (Å²) in [4.78, 5) is 2.17. The third-order valence-corrected chi connectivity index (χ3v) is 1.07. The van der Waals surface area contributed by atoms with Crippen molar-refractivity contribution in [1.82, 2.24) is 10.2 Å². The van der Waals surface area contributed by atoms with Crippen LogP contribution in [0.4, 0.5) is 0 Å². The molecule has 0 amide bonds. The quantitative estimate of drug-likeness (QED) is 0.547. The highest BCUT2D eigenvalue weighted by molar-refractivity contribution is 4.62. The molecule has 0 aromatic carbocycles. The molecule has 1 N–H and O–H groups in total. The molecule has 54 valence electrons. The second kappa shape index (κ2) is 5.63. The lowest BCUT2D eigenvalue weighted by Gasteiger charge is -2.07. The summed E-state index contributed by atoms with van der Waals surface area (Å²) in [6.45, 7) is 5.72. The zero-order valence-corrected chi connectivity index (χ0v) is 6.35. The lowest BCUT2D eigenvalue weighted by molar-refractivity contribution is 0.399. The summed E-state index contributed by atoms with van der Waals surface area (Å²) < 4.78 is 0. The third kappa shape index (κ3) is 7.50. The zero-order chi connectivity index (χ0) is 7.11. The molecule has 0 unspecified atom stereocenters. The first-order valence-corrected chi connectivity index (χ1v) is 3.26. The lowest BCUT2D eigenvalue weighted by Crippen LogP contribution is -2.17. The van der Waals surface area contributed by atoms with E-state index in [2.05, 4.69) is 30.9 Å². The van der Waals surface area contributed by atoms with Gasteiger partial charge in [-0.25, -0.2) is 0 Å². The van der Waals surface area contributed by atoms with E-state index in [1.54, 1.807) is 6.20 Å². The predicted molar refractivity (Wildman–Crippen MR) is 41.4 cm³/mol. The minimum Gasteiger partial charge on any atom is -0.391 e. The van der Waals surface area contributed by atoms with Crippen LogP contribution in [0.25, 0.3) is 0 Å². The molecule has 0 fully saturated rings. The minimum absolute atomic E-state index is 1.03. The molecule has 0 rings (SSSR count). The molecular weight excluding hydrogens is 112 g/mol. The summed E-state index contributed by atoms with van der Waals surface area (Å²) in [7, 11) is 4.15. The molecule has 0 spiro atoms. The molecule has 0 bridgehead atoms. The average molecular weight is 128 g/mol. The van der Waals surface area contributed by atoms with Crippen molar-refractivity contribution >= 4 is 0 Å². The van der Waals surface area contributed by atoms with E-state index in [9.17, 15) is 0 Å². The van der Waals surface area contributed by atoms with Gasteiger partial charge in [-0.15, -0.1) is 0 Å². The van der Waals surface area contributed by atoms with Crippen LogP contribution in [0.1, 0.15) is 6.42 Å². The molecule has 0 aliphatic rings. The van der Waals surface area contributed by atoms with Gasteiger partial charge in [-0.05, 0) is 33.3 Å². The fourth-order valence-corrected chi connectivity index (χ4v) is 0.599. The van der Waals surface area contributed by atoms with E-state index in [-0.39, 0.29) is 0 Å². The predicted octanol–water partition coefficient (Wildman–Crippen LogP) is 0.671. The van der Waals surface area contributed by atoms with E-state index in [4.69, 9.17) is 0 Å². The molecule has 0 atom stereocenters. The van der Waals surface area contributed by atoms with Gasteiger partial charge in [-0.2, -0.15) is 0 Å². The highest BCUT2D eigenvalue weighted by Gasteiger charge is 1.86. The van der Waals surface area contributed by atoms with Crippen LogP contribution in [0.3, 0.4) is 0 Å². The summed E-state index contributed by atoms with van der Waals surface area (Å²) in [6, 6.07) is 0. The molecule has 0 saturated carbocycles. The van der Waals surface area contributed by atoms with E-state index in [1.165, 1.54) is 6.42 Å². The fraction of sp³-hybridized carbons (Fsp3) is 0.714. The van der Waals surface area contributed by atoms with Crippen molar-refractivity contribution in [3.63, 3.8) is 0 Å². The Labute approximate surface area is 57.5 Å². The Morgan fingerprint density at radius 1 is 1.56 bits per heavy atom. The summed E-state index contributed by atoms with van der Waals surface area (Å²) in [5, 5.41) is 3.04. The summed E-state index contributed by atoms with van der Waals surface area (Å²) in [5.41, 5.74) is 0. The van der Waals surface area contributed by atoms with Gasteiger partial charge in [-0.3, -0.25) is 0 Å². The van der Waals surface area contributed by atoms with Crippen LogP contribution in [-0.2, 0) is 0 Å². The van der Waals surface area contributed by atoms with Gasteiger partial charge in [-0.1, -0.05) is 6.58 Å². The van der Waals surface area contributed by atoms with Crippen LogP contribution >= 0.6 is 0 Å². The van der Waals surface area contributed by atoms with Crippen molar-refractivity contribution in [2.45, 2.75) is 6.42 Å². The van der Waals surface area contributed by atoms with Gasteiger partial charge in [0.1, 0.15) is 0 Å². The number of rotatable bonds is 5. The van der Waals surface area contributed by atoms with Crippen LogP contribution in [0.5, 0.6) is 0 Å². The van der Waals surface area contributed by atoms with Crippen LogP contribution in [0.15, 0.2) is 12.8 Å². The third-order valence-electron chi connectivity index (χ3n) is 1.07. The maximum atomic E-state index is 3.55. The summed E-state index contributed by atoms with van der Waals surface area (Å²) >= 11 is 0. The number of nitrogens with one attached hydrogen (secondary N) is 1. The average Bonchev–Trinajstić information content (AvgIpc) is 1.80. The van der Waals surface area contributed by atoms with Crippen molar-refractivity contribution < 1.29 is 0 Å². The standard InChI is InChI=1S/C7H16N2/c1-4-8-6-5-7-9(2)3/h4,8H,1,5-7H2,2-3H3. The van der Waals surface area contributed by atoms with Gasteiger partial charge >= 0.3 is 0 Å². The smallest absolute Gasteiger partial charge is 0.0153 e. The molecule has 0 radical (unpaired) electrons. The Kier molecular flexibility index (Phi) is 5.32. The molecule has 2 nitrogen and oxygen atoms in total. The molecule has 0 aliphatic heterocycles. The molecular formula is C7H16N2. The van der Waals surface area contributed by atoms with Gasteiger partial charge < -0.3 is 10.2 Å². The van der Waals surface area contributed by atoms with E-state index >= 15 is 0 Å². The summed E-state index contributed by atoms with van der Waals surface area (Å²) in [6.07, 6.45) is 2.91. The number of hydrogen-bond donors (Lipinski definition) is 1. The van der Waals surface area contributed by atoms with Gasteiger partial charge in [0.15, 0.2) is 0 Å². The van der Waals surface area contributed by atoms with Gasteiger partial charge in [0.2, 0.25) is 0 Å². The minimum atomic E-state index is 1.03. The van der Waals surface area contributed by atoms with Crippen LogP contribution < -0.4 is 5.32 Å². The monoisotopic (exact) mass is 128 g/mol. The van der Waals surface area contributed by atoms with Crippen molar-refractivity contribution in [3.05, 3.63) is 12.8 Å². The van der Waals surface area contributed by atoms with Gasteiger partial charge in [0.05, 0.1) is 0 Å². The van der Waals surface area contributed by atoms with Crippen molar-refractivity contribution in [2.75, 3.05) is 27.2 Å². The van der Waals surface area contributed by atoms with E-state index in [1.807, 2.05) is 0 Å². The first-order chi connectivity index (χ1) is 4.27. The summed E-state index contributed by atoms with van der Waals surface area (Å²) in [5.74, 6) is 0. The Morgan fingerprint density at radius 3 is 2.67 bits per heavy atom. The Bertz CT molecular complexity index is 69.3. The number of nitrogens with zero attached hydrogens (tertiary/aromatic N) is 1. The molecule has 0 saturated heterocycles. The Balaban J connectivity index is 2.82. The second-order valence-corrected chi connectivity index (χ2v) is 2.32. The number of hydrogen-bond acceptors (Lipinski definition) is 2. The first kappa shape index (κ1) is 8.50. The van der Waals surface area contributed by atoms with Crippen molar-refractivity contribution in [3.8, 4) is 0 Å². The van der Waals surface area contributed by atoms with Crippen molar-refractivity contribution in [2.24, 2.45) is 0 Å². The molecule has 9 heavy (non-hydrogen) atoms. The maximum absolute atomic E-state index is 3.55. The highest BCUT2D eigenvalue weighted by atomic mass is 15.0. The van der Waals surface area contributed by atoms with E-state index in [0.717, 1.165) is 13.1 Å². The lowest BCUT2D eigenvalue weighted by atomic mass is 10.4. The highest BCUT2D eigenvalue weighted by Crippen LogP contribution is 1.79. The molecule has 0 aromatic heterocycles. The first-order valence-electron chi connectivity index (χ1n) is 3.26. The maximum Gasteiger partial charge on any atom is 0.0153 e. The Hall–Kier alpha value is -0.500. The van der Waals surface area contributed by atoms with Crippen LogP contribution in [0, 0.1) is 0 Å². The molecule has 2 heteroatoms. The van der Waals surface area contributed by atoms with E-state index in [0.29, 0.717) is 0 Å². The fourth-order valence-electron chi connectivity index (χ4n) is 0.599. The molecule has 0 aliphatic carbocycles. The van der Waals surface area contributed by atoms with E-state index < -0.39 is 0 Å². The van der Waals surface area contributed by atoms with Crippen LogP contribution in [0.2, 0.25) is 0 Å². The molecule has 0 heterocycles. The largest absolute Gasteiger partial charge is 0.391 e. The SMILES string of the molecule is C=CNCCCN(C)C. The normalized spacial score (nSPS) is 9.67. The Morgan fingerprint density at radius 2 is 2.22 bits per heavy atom. The zero-order valence-electron chi connectivity index (χ0n) is 6.35.